The summed E-state index contributed by atoms with van der Waals surface area (Å²) in [6.07, 6.45) is 1.66. The molecule has 0 N–H and O–H groups in total. The summed E-state index contributed by atoms with van der Waals surface area (Å²) < 4.78 is 14.2. The Kier molecular flexibility index (Phi) is 3.87. The molecule has 1 saturated heterocycles. The number of pyridine rings is 1. The second kappa shape index (κ2) is 6.06. The van der Waals surface area contributed by atoms with Gasteiger partial charge in [0, 0.05) is 16.7 Å². The minimum Gasteiger partial charge on any atom is -0.476 e. The lowest BCUT2D eigenvalue weighted by Crippen LogP contribution is -2.47. The molecule has 0 saturated carbocycles. The molecule has 3 nitrogen and oxygen atoms in total. The van der Waals surface area contributed by atoms with Gasteiger partial charge >= 0.3 is 0 Å². The summed E-state index contributed by atoms with van der Waals surface area (Å²) in [6, 6.07) is 20.5. The zero-order valence-corrected chi connectivity index (χ0v) is 17.0. The smallest absolute Gasteiger partial charge is 0.177 e. The van der Waals surface area contributed by atoms with E-state index in [1.807, 2.05) is 24.3 Å². The number of halogens is 2. The van der Waals surface area contributed by atoms with Crippen LogP contribution in [0.4, 0.5) is 0 Å². The van der Waals surface area contributed by atoms with E-state index >= 15 is 0 Å². The van der Waals surface area contributed by atoms with Gasteiger partial charge in [-0.25, -0.2) is 0 Å². The van der Waals surface area contributed by atoms with Crippen molar-refractivity contribution in [3.05, 3.63) is 93.2 Å². The van der Waals surface area contributed by atoms with Crippen LogP contribution in [0, 0.1) is 0 Å². The normalized spacial score (nSPS) is 28.5. The highest BCUT2D eigenvalue weighted by Gasteiger charge is 2.69. The molecule has 136 valence electrons. The molecule has 5 rings (SSSR count). The van der Waals surface area contributed by atoms with E-state index < -0.39 is 11.2 Å². The number of rotatable bonds is 2. The van der Waals surface area contributed by atoms with Crippen LogP contribution in [0.15, 0.2) is 71.3 Å². The highest BCUT2D eigenvalue weighted by molar-refractivity contribution is 9.10. The van der Waals surface area contributed by atoms with Gasteiger partial charge in [-0.2, -0.15) is 0 Å². The molecule has 0 spiro atoms. The van der Waals surface area contributed by atoms with E-state index in [0.29, 0.717) is 17.4 Å². The maximum atomic E-state index is 6.71. The maximum Gasteiger partial charge on any atom is 0.177 e. The van der Waals surface area contributed by atoms with Crippen molar-refractivity contribution in [3.8, 4) is 5.75 Å². The van der Waals surface area contributed by atoms with Crippen LogP contribution < -0.4 is 4.74 Å². The van der Waals surface area contributed by atoms with Gasteiger partial charge in [-0.1, -0.05) is 70.0 Å². The molecule has 3 heterocycles. The second-order valence-corrected chi connectivity index (χ2v) is 8.50. The van der Waals surface area contributed by atoms with Gasteiger partial charge in [0.1, 0.15) is 11.4 Å². The van der Waals surface area contributed by atoms with Crippen molar-refractivity contribution in [1.29, 1.82) is 0 Å². The molecule has 0 aliphatic carbocycles. The third kappa shape index (κ3) is 2.33. The number of benzene rings is 2. The Morgan fingerprint density at radius 3 is 2.59 bits per heavy atom. The van der Waals surface area contributed by atoms with Crippen molar-refractivity contribution >= 4 is 27.5 Å². The zero-order chi connectivity index (χ0) is 18.6. The van der Waals surface area contributed by atoms with Crippen LogP contribution in [0.3, 0.4) is 0 Å². The third-order valence-electron chi connectivity index (χ3n) is 5.76. The molecule has 0 amide bonds. The Balaban J connectivity index is 1.77. The summed E-state index contributed by atoms with van der Waals surface area (Å²) in [5, 5.41) is 0.555. The lowest BCUT2D eigenvalue weighted by molar-refractivity contribution is -0.0814. The van der Waals surface area contributed by atoms with E-state index in [2.05, 4.69) is 64.2 Å². The molecule has 5 heteroatoms. The summed E-state index contributed by atoms with van der Waals surface area (Å²) in [5.74, 6) is 0.714. The van der Waals surface area contributed by atoms with Gasteiger partial charge < -0.3 is 9.47 Å². The van der Waals surface area contributed by atoms with Crippen molar-refractivity contribution in [2.75, 3.05) is 6.61 Å². The van der Waals surface area contributed by atoms with Crippen molar-refractivity contribution in [1.82, 2.24) is 4.98 Å². The Hall–Kier alpha value is -1.88. The van der Waals surface area contributed by atoms with Crippen molar-refractivity contribution in [3.63, 3.8) is 0 Å². The molecule has 1 fully saturated rings. The average Bonchev–Trinajstić information content (AvgIpc) is 3.10. The van der Waals surface area contributed by atoms with Gasteiger partial charge in [-0.05, 0) is 30.2 Å². The molecule has 0 radical (unpaired) electrons. The number of aromatic nitrogens is 1. The molecule has 0 bridgehead atoms. The van der Waals surface area contributed by atoms with Crippen LogP contribution in [0.1, 0.15) is 29.7 Å². The van der Waals surface area contributed by atoms with Gasteiger partial charge in [-0.15, -0.1) is 0 Å². The first-order valence-electron chi connectivity index (χ1n) is 8.84. The summed E-state index contributed by atoms with van der Waals surface area (Å²) in [5.41, 5.74) is 1.63. The minimum atomic E-state index is -0.713. The summed E-state index contributed by atoms with van der Waals surface area (Å²) in [6.45, 7) is 2.63. The number of hydrogen-bond acceptors (Lipinski definition) is 3. The fourth-order valence-corrected chi connectivity index (χ4v) is 4.91. The van der Waals surface area contributed by atoms with Crippen LogP contribution >= 0.6 is 27.5 Å². The number of fused-ring (bicyclic) bond motifs is 3. The molecular weight excluding hydrogens is 426 g/mol. The fraction of sp³-hybridized carbons (Fsp3) is 0.227. The topological polar surface area (TPSA) is 31.4 Å². The molecular formula is C22H17BrClNO2. The second-order valence-electron chi connectivity index (χ2n) is 7.15. The SMILES string of the molecule is C[C@]12OC[C@@H](c3ccccc3)[C@]1(c1ccc(Br)cc1)Oc1cc(Cl)cnc12. The maximum absolute atomic E-state index is 6.71. The highest BCUT2D eigenvalue weighted by atomic mass is 79.9. The summed E-state index contributed by atoms with van der Waals surface area (Å²) in [7, 11) is 0. The molecule has 2 aromatic carbocycles. The number of hydrogen-bond donors (Lipinski definition) is 0. The Morgan fingerprint density at radius 1 is 1.11 bits per heavy atom. The van der Waals surface area contributed by atoms with Gasteiger partial charge in [-0.3, -0.25) is 4.98 Å². The predicted octanol–water partition coefficient (Wildman–Crippen LogP) is 5.81. The van der Waals surface area contributed by atoms with Gasteiger partial charge in [0.25, 0.3) is 0 Å². The molecule has 2 aliphatic rings. The van der Waals surface area contributed by atoms with Crippen molar-refractivity contribution < 1.29 is 9.47 Å². The average molecular weight is 443 g/mol. The van der Waals surface area contributed by atoms with E-state index in [4.69, 9.17) is 21.1 Å². The molecule has 2 aliphatic heterocycles. The minimum absolute atomic E-state index is 0.0258. The third-order valence-corrected chi connectivity index (χ3v) is 6.49. The van der Waals surface area contributed by atoms with E-state index in [1.54, 1.807) is 6.20 Å². The molecule has 1 aromatic heterocycles. The number of nitrogens with zero attached hydrogens (tertiary/aromatic N) is 1. The van der Waals surface area contributed by atoms with E-state index in [-0.39, 0.29) is 5.92 Å². The van der Waals surface area contributed by atoms with Gasteiger partial charge in [0.2, 0.25) is 0 Å². The van der Waals surface area contributed by atoms with Crippen molar-refractivity contribution in [2.24, 2.45) is 0 Å². The van der Waals surface area contributed by atoms with Crippen LogP contribution in [0.2, 0.25) is 5.02 Å². The van der Waals surface area contributed by atoms with Crippen LogP contribution in [0.5, 0.6) is 5.75 Å². The standard InChI is InChI=1S/C22H17BrClNO2/c1-21-20-19(11-17(24)12-25-20)27-22(21,15-7-9-16(23)10-8-15)18(13-26-21)14-5-3-2-4-6-14/h2-12,18H,13H2,1H3/t18-,21+,22-/m0/s1. The highest BCUT2D eigenvalue weighted by Crippen LogP contribution is 2.64. The molecule has 27 heavy (non-hydrogen) atoms. The summed E-state index contributed by atoms with van der Waals surface area (Å²) in [4.78, 5) is 4.60. The predicted molar refractivity (Wildman–Crippen MR) is 108 cm³/mol. The Bertz CT molecular complexity index is 1010. The first-order valence-corrected chi connectivity index (χ1v) is 10.0. The Morgan fingerprint density at radius 2 is 1.85 bits per heavy atom. The quantitative estimate of drug-likeness (QED) is 0.501. The van der Waals surface area contributed by atoms with Gasteiger partial charge in [0.15, 0.2) is 11.2 Å². The van der Waals surface area contributed by atoms with Crippen LogP contribution in [0.25, 0.3) is 0 Å². The van der Waals surface area contributed by atoms with Crippen molar-refractivity contribution in [2.45, 2.75) is 24.0 Å². The van der Waals surface area contributed by atoms with Crippen LogP contribution in [-0.2, 0) is 15.9 Å². The van der Waals surface area contributed by atoms with Crippen LogP contribution in [-0.4, -0.2) is 11.6 Å². The molecule has 0 unspecified atom stereocenters. The largest absolute Gasteiger partial charge is 0.476 e. The zero-order valence-electron chi connectivity index (χ0n) is 14.7. The van der Waals surface area contributed by atoms with E-state index in [0.717, 1.165) is 15.7 Å². The first-order chi connectivity index (χ1) is 13.0. The summed E-state index contributed by atoms with van der Waals surface area (Å²) >= 11 is 9.74. The lowest BCUT2D eigenvalue weighted by atomic mass is 9.70. The van der Waals surface area contributed by atoms with E-state index in [1.165, 1.54) is 5.56 Å². The van der Waals surface area contributed by atoms with E-state index in [9.17, 15) is 0 Å². The first kappa shape index (κ1) is 17.2. The number of ether oxygens (including phenoxy) is 2. The monoisotopic (exact) mass is 441 g/mol. The lowest BCUT2D eigenvalue weighted by Gasteiger charge is -2.39. The molecule has 3 aromatic rings. The Labute approximate surface area is 171 Å². The molecule has 3 atom stereocenters. The fourth-order valence-electron chi connectivity index (χ4n) is 4.50. The van der Waals surface area contributed by atoms with Gasteiger partial charge in [0.05, 0.1) is 17.5 Å².